The van der Waals surface area contributed by atoms with Gasteiger partial charge in [-0.2, -0.15) is 0 Å². The summed E-state index contributed by atoms with van der Waals surface area (Å²) < 4.78 is 13.1. The molecule has 2 heterocycles. The molecule has 30 heavy (non-hydrogen) atoms. The zero-order chi connectivity index (χ0) is 20.9. The van der Waals surface area contributed by atoms with E-state index in [9.17, 15) is 9.18 Å². The number of piperazine rings is 1. The Morgan fingerprint density at radius 1 is 1.03 bits per heavy atom. The molecule has 1 fully saturated rings. The van der Waals surface area contributed by atoms with E-state index in [-0.39, 0.29) is 11.7 Å². The van der Waals surface area contributed by atoms with Gasteiger partial charge < -0.3 is 10.2 Å². The number of rotatable bonds is 6. The van der Waals surface area contributed by atoms with E-state index in [1.807, 2.05) is 36.6 Å². The molecule has 1 aliphatic heterocycles. The highest BCUT2D eigenvalue weighted by atomic mass is 32.1. The van der Waals surface area contributed by atoms with Gasteiger partial charge in [-0.25, -0.2) is 4.39 Å². The highest BCUT2D eigenvalue weighted by Gasteiger charge is 2.19. The predicted molar refractivity (Wildman–Crippen MR) is 121 cm³/mol. The number of halogens is 1. The van der Waals surface area contributed by atoms with E-state index in [1.54, 1.807) is 0 Å². The Morgan fingerprint density at radius 2 is 1.77 bits per heavy atom. The van der Waals surface area contributed by atoms with Gasteiger partial charge in [-0.15, -0.1) is 11.3 Å². The quantitative estimate of drug-likeness (QED) is 0.636. The largest absolute Gasteiger partial charge is 0.369 e. The molecule has 0 unspecified atom stereocenters. The minimum absolute atomic E-state index is 0.0126. The molecule has 4 nitrogen and oxygen atoms in total. The first-order valence-electron chi connectivity index (χ1n) is 10.2. The van der Waals surface area contributed by atoms with Crippen molar-refractivity contribution in [3.05, 3.63) is 87.4 Å². The fourth-order valence-electron chi connectivity index (χ4n) is 3.82. The monoisotopic (exact) mass is 423 g/mol. The van der Waals surface area contributed by atoms with Crippen LogP contribution in [-0.2, 0) is 13.1 Å². The summed E-state index contributed by atoms with van der Waals surface area (Å²) >= 11 is 1.48. The van der Waals surface area contributed by atoms with Gasteiger partial charge in [-0.05, 0) is 53.3 Å². The summed E-state index contributed by atoms with van der Waals surface area (Å²) in [4.78, 5) is 18.0. The van der Waals surface area contributed by atoms with Gasteiger partial charge in [0.25, 0.3) is 5.91 Å². The fourth-order valence-corrected chi connectivity index (χ4v) is 4.67. The van der Waals surface area contributed by atoms with Crippen LogP contribution in [0.5, 0.6) is 0 Å². The van der Waals surface area contributed by atoms with Gasteiger partial charge in [0.05, 0.1) is 4.88 Å². The molecule has 1 N–H and O–H groups in total. The Labute approximate surface area is 180 Å². The molecule has 2 aromatic carbocycles. The van der Waals surface area contributed by atoms with Gasteiger partial charge in [-0.3, -0.25) is 9.69 Å². The molecular weight excluding hydrogens is 397 g/mol. The Balaban J connectivity index is 1.35. The van der Waals surface area contributed by atoms with E-state index in [0.29, 0.717) is 6.54 Å². The van der Waals surface area contributed by atoms with E-state index in [4.69, 9.17) is 0 Å². The molecule has 0 spiro atoms. The third kappa shape index (κ3) is 4.89. The average molecular weight is 424 g/mol. The van der Waals surface area contributed by atoms with Crippen molar-refractivity contribution < 1.29 is 9.18 Å². The zero-order valence-electron chi connectivity index (χ0n) is 17.1. The number of hydrogen-bond acceptors (Lipinski definition) is 4. The summed E-state index contributed by atoms with van der Waals surface area (Å²) in [7, 11) is 0. The number of hydrogen-bond donors (Lipinski definition) is 1. The zero-order valence-corrected chi connectivity index (χ0v) is 17.9. The number of carbonyl (C=O) groups excluding carboxylic acids is 1. The SMILES string of the molecule is Cc1ccsc1C(=O)NCc1ccccc1N1CCN(Cc2ccc(F)cc2)CC1. The van der Waals surface area contributed by atoms with Crippen LogP contribution in [0.15, 0.2) is 60.0 Å². The number of amides is 1. The molecular formula is C24H26FN3OS. The summed E-state index contributed by atoms with van der Waals surface area (Å²) in [5.74, 6) is -0.206. The molecule has 3 aromatic rings. The smallest absolute Gasteiger partial charge is 0.261 e. The number of aryl methyl sites for hydroxylation is 1. The first-order valence-corrected chi connectivity index (χ1v) is 11.1. The Bertz CT molecular complexity index is 994. The molecule has 1 amide bonds. The van der Waals surface area contributed by atoms with Crippen molar-refractivity contribution in [3.8, 4) is 0 Å². The van der Waals surface area contributed by atoms with Crippen LogP contribution in [0.4, 0.5) is 10.1 Å². The van der Waals surface area contributed by atoms with Crippen molar-refractivity contribution in [2.24, 2.45) is 0 Å². The number of carbonyl (C=O) groups is 1. The van der Waals surface area contributed by atoms with E-state index in [2.05, 4.69) is 33.3 Å². The van der Waals surface area contributed by atoms with Crippen LogP contribution in [0.2, 0.25) is 0 Å². The van der Waals surface area contributed by atoms with E-state index < -0.39 is 0 Å². The van der Waals surface area contributed by atoms with Crippen LogP contribution in [-0.4, -0.2) is 37.0 Å². The standard InChI is InChI=1S/C24H26FN3OS/c1-18-10-15-30-23(18)24(29)26-16-20-4-2-3-5-22(20)28-13-11-27(12-14-28)17-19-6-8-21(25)9-7-19/h2-10,15H,11-14,16-17H2,1H3,(H,26,29). The second-order valence-electron chi connectivity index (χ2n) is 7.63. The van der Waals surface area contributed by atoms with E-state index >= 15 is 0 Å². The average Bonchev–Trinajstić information content (AvgIpc) is 3.20. The molecule has 0 saturated carbocycles. The van der Waals surface area contributed by atoms with Gasteiger partial charge in [0.15, 0.2) is 0 Å². The predicted octanol–water partition coefficient (Wildman–Crippen LogP) is 4.45. The van der Waals surface area contributed by atoms with Crippen LogP contribution in [0, 0.1) is 12.7 Å². The highest BCUT2D eigenvalue weighted by Crippen LogP contribution is 2.23. The van der Waals surface area contributed by atoms with Crippen LogP contribution in [0.3, 0.4) is 0 Å². The topological polar surface area (TPSA) is 35.6 Å². The molecule has 1 saturated heterocycles. The fraction of sp³-hybridized carbons (Fsp3) is 0.292. The van der Waals surface area contributed by atoms with Crippen LogP contribution >= 0.6 is 11.3 Å². The summed E-state index contributed by atoms with van der Waals surface area (Å²) in [6.07, 6.45) is 0. The maximum Gasteiger partial charge on any atom is 0.261 e. The maximum absolute atomic E-state index is 13.1. The summed E-state index contributed by atoms with van der Waals surface area (Å²) in [6.45, 7) is 7.07. The lowest BCUT2D eigenvalue weighted by Gasteiger charge is -2.37. The summed E-state index contributed by atoms with van der Waals surface area (Å²) in [5.41, 5.74) is 4.47. The first-order chi connectivity index (χ1) is 14.6. The maximum atomic E-state index is 13.1. The van der Waals surface area contributed by atoms with Crippen molar-refractivity contribution >= 4 is 22.9 Å². The Hall–Kier alpha value is -2.70. The molecule has 0 bridgehead atoms. The molecule has 0 radical (unpaired) electrons. The van der Waals surface area contributed by atoms with E-state index in [0.717, 1.165) is 54.3 Å². The normalized spacial score (nSPS) is 14.7. The number of benzene rings is 2. The lowest BCUT2D eigenvalue weighted by molar-refractivity contribution is 0.0954. The number of thiophene rings is 1. The molecule has 6 heteroatoms. The first kappa shape index (κ1) is 20.6. The molecule has 1 aromatic heterocycles. The minimum Gasteiger partial charge on any atom is -0.369 e. The van der Waals surface area contributed by atoms with Crippen molar-refractivity contribution in [1.82, 2.24) is 10.2 Å². The van der Waals surface area contributed by atoms with Gasteiger partial charge in [-0.1, -0.05) is 30.3 Å². The van der Waals surface area contributed by atoms with Crippen LogP contribution < -0.4 is 10.2 Å². The lowest BCUT2D eigenvalue weighted by atomic mass is 10.1. The van der Waals surface area contributed by atoms with Gasteiger partial charge in [0, 0.05) is 45.0 Å². The molecule has 156 valence electrons. The van der Waals surface area contributed by atoms with Gasteiger partial charge in [0.2, 0.25) is 0 Å². The van der Waals surface area contributed by atoms with Crippen LogP contribution in [0.25, 0.3) is 0 Å². The second-order valence-corrected chi connectivity index (χ2v) is 8.55. The molecule has 0 aliphatic carbocycles. The Kier molecular flexibility index (Phi) is 6.45. The van der Waals surface area contributed by atoms with Crippen molar-refractivity contribution in [3.63, 3.8) is 0 Å². The van der Waals surface area contributed by atoms with Gasteiger partial charge in [0.1, 0.15) is 5.82 Å². The second kappa shape index (κ2) is 9.41. The van der Waals surface area contributed by atoms with E-state index in [1.165, 1.54) is 29.2 Å². The summed E-state index contributed by atoms with van der Waals surface area (Å²) in [5, 5.41) is 5.02. The number of nitrogens with one attached hydrogen (secondary N) is 1. The number of para-hydroxylation sites is 1. The van der Waals surface area contributed by atoms with Crippen molar-refractivity contribution in [2.75, 3.05) is 31.1 Å². The van der Waals surface area contributed by atoms with Crippen molar-refractivity contribution in [1.29, 1.82) is 0 Å². The lowest BCUT2D eigenvalue weighted by Crippen LogP contribution is -2.46. The van der Waals surface area contributed by atoms with Crippen LogP contribution in [0.1, 0.15) is 26.4 Å². The van der Waals surface area contributed by atoms with Crippen molar-refractivity contribution in [2.45, 2.75) is 20.0 Å². The van der Waals surface area contributed by atoms with Gasteiger partial charge >= 0.3 is 0 Å². The molecule has 1 aliphatic rings. The third-order valence-electron chi connectivity index (χ3n) is 5.53. The number of anilines is 1. The number of nitrogens with zero attached hydrogens (tertiary/aromatic N) is 2. The highest BCUT2D eigenvalue weighted by molar-refractivity contribution is 7.12. The third-order valence-corrected chi connectivity index (χ3v) is 6.55. The minimum atomic E-state index is -0.193. The molecule has 4 rings (SSSR count). The Morgan fingerprint density at radius 3 is 2.47 bits per heavy atom. The molecule has 0 atom stereocenters. The summed E-state index contributed by atoms with van der Waals surface area (Å²) in [6, 6.07) is 17.0.